The lowest BCUT2D eigenvalue weighted by Crippen LogP contribution is -2.12. The maximum absolute atomic E-state index is 13.5. The fraction of sp³-hybridized carbons (Fsp3) is 0.0455. The summed E-state index contributed by atoms with van der Waals surface area (Å²) in [6, 6.07) is 15.8. The van der Waals surface area contributed by atoms with Crippen molar-refractivity contribution >= 4 is 10.0 Å². The van der Waals surface area contributed by atoms with Crippen molar-refractivity contribution in [3.05, 3.63) is 84.3 Å². The van der Waals surface area contributed by atoms with Crippen LogP contribution in [0.4, 0.5) is 17.6 Å². The molecule has 0 saturated heterocycles. The van der Waals surface area contributed by atoms with Gasteiger partial charge < -0.3 is 0 Å². The number of primary sulfonamides is 1. The largest absolute Gasteiger partial charge is 0.433 e. The Labute approximate surface area is 185 Å². The number of nitrogens with zero attached hydrogens (tertiary/aromatic N) is 3. The van der Waals surface area contributed by atoms with E-state index in [0.29, 0.717) is 5.56 Å². The third-order valence-corrected chi connectivity index (χ3v) is 5.50. The van der Waals surface area contributed by atoms with Gasteiger partial charge in [-0.15, -0.1) is 0 Å². The number of pyridine rings is 1. The Balaban J connectivity index is 1.84. The van der Waals surface area contributed by atoms with Crippen molar-refractivity contribution in [1.29, 1.82) is 0 Å². The minimum absolute atomic E-state index is 0.0305. The fourth-order valence-corrected chi connectivity index (χ4v) is 3.59. The Bertz CT molecular complexity index is 1440. The number of nitrogens with two attached hydrogens (primary N) is 1. The molecule has 0 aliphatic carbocycles. The first-order valence-corrected chi connectivity index (χ1v) is 10.9. The van der Waals surface area contributed by atoms with Gasteiger partial charge in [-0.2, -0.15) is 13.2 Å². The van der Waals surface area contributed by atoms with Gasteiger partial charge in [0.25, 0.3) is 0 Å². The van der Waals surface area contributed by atoms with Crippen molar-refractivity contribution in [2.75, 3.05) is 0 Å². The molecule has 0 aliphatic rings. The fourth-order valence-electron chi connectivity index (χ4n) is 3.03. The highest BCUT2D eigenvalue weighted by Gasteiger charge is 2.34. The van der Waals surface area contributed by atoms with Crippen molar-refractivity contribution in [3.63, 3.8) is 0 Å². The van der Waals surface area contributed by atoms with Crippen LogP contribution in [0.5, 0.6) is 0 Å². The van der Waals surface area contributed by atoms with E-state index in [-0.39, 0.29) is 33.4 Å². The molecule has 0 saturated carbocycles. The molecule has 0 fully saturated rings. The summed E-state index contributed by atoms with van der Waals surface area (Å²) in [5, 5.41) is 5.17. The van der Waals surface area contributed by atoms with E-state index in [0.717, 1.165) is 18.2 Å². The third kappa shape index (κ3) is 5.04. The normalized spacial score (nSPS) is 12.0. The zero-order valence-corrected chi connectivity index (χ0v) is 17.4. The van der Waals surface area contributed by atoms with Crippen LogP contribution < -0.4 is 5.14 Å². The van der Waals surface area contributed by atoms with E-state index in [9.17, 15) is 26.0 Å². The molecule has 0 amide bonds. The number of halogens is 4. The molecular formula is C22H14F4N4O2S. The monoisotopic (exact) mass is 474 g/mol. The van der Waals surface area contributed by atoms with Gasteiger partial charge in [0.1, 0.15) is 17.2 Å². The van der Waals surface area contributed by atoms with Crippen molar-refractivity contribution in [1.82, 2.24) is 15.0 Å². The second-order valence-electron chi connectivity index (χ2n) is 6.95. The molecule has 2 N–H and O–H groups in total. The minimum Gasteiger partial charge on any atom is -0.244 e. The average molecular weight is 474 g/mol. The lowest BCUT2D eigenvalue weighted by atomic mass is 10.1. The molecule has 33 heavy (non-hydrogen) atoms. The summed E-state index contributed by atoms with van der Waals surface area (Å²) in [5.41, 5.74) is -0.284. The molecule has 0 atom stereocenters. The number of alkyl halides is 3. The average Bonchev–Trinajstić information content (AvgIpc) is 2.78. The number of hydrogen-bond acceptors (Lipinski definition) is 5. The highest BCUT2D eigenvalue weighted by atomic mass is 32.2. The minimum atomic E-state index is -4.76. The SMILES string of the molecule is NS(=O)(=O)c1cccc(-c2cccc(-c3nc(-c4ccc(F)cc4)cc(C(F)(F)F)n3)n2)c1. The maximum Gasteiger partial charge on any atom is 0.433 e. The van der Waals surface area contributed by atoms with E-state index in [1.165, 1.54) is 42.5 Å². The second kappa shape index (κ2) is 8.34. The molecule has 0 spiro atoms. The molecular weight excluding hydrogens is 460 g/mol. The van der Waals surface area contributed by atoms with Gasteiger partial charge in [-0.05, 0) is 54.6 Å². The summed E-state index contributed by atoms with van der Waals surface area (Å²) in [6.07, 6.45) is -4.76. The van der Waals surface area contributed by atoms with E-state index >= 15 is 0 Å². The van der Waals surface area contributed by atoms with Crippen LogP contribution in [0.3, 0.4) is 0 Å². The summed E-state index contributed by atoms with van der Waals surface area (Å²) in [6.45, 7) is 0. The van der Waals surface area contributed by atoms with Gasteiger partial charge in [-0.25, -0.2) is 32.9 Å². The van der Waals surface area contributed by atoms with Crippen LogP contribution in [0.25, 0.3) is 34.0 Å². The molecule has 0 bridgehead atoms. The van der Waals surface area contributed by atoms with E-state index in [1.807, 2.05) is 0 Å². The Morgan fingerprint density at radius 2 is 1.39 bits per heavy atom. The van der Waals surface area contributed by atoms with Crippen molar-refractivity contribution in [2.45, 2.75) is 11.1 Å². The molecule has 2 aromatic carbocycles. The highest BCUT2D eigenvalue weighted by molar-refractivity contribution is 7.89. The maximum atomic E-state index is 13.5. The first kappa shape index (κ1) is 22.5. The number of hydrogen-bond donors (Lipinski definition) is 1. The van der Waals surface area contributed by atoms with Gasteiger partial charge >= 0.3 is 6.18 Å². The standard InChI is InChI=1S/C22H14F4N4O2S/c23-15-9-7-13(8-10-15)19-12-20(22(24,25)26)30-21(29-19)18-6-2-5-17(28-18)14-3-1-4-16(11-14)33(27,31)32/h1-12H,(H2,27,31,32). The topological polar surface area (TPSA) is 98.8 Å². The van der Waals surface area contributed by atoms with Crippen molar-refractivity contribution in [3.8, 4) is 34.0 Å². The van der Waals surface area contributed by atoms with Crippen molar-refractivity contribution < 1.29 is 26.0 Å². The molecule has 4 rings (SSSR count). The van der Waals surface area contributed by atoms with Gasteiger partial charge in [0.15, 0.2) is 5.82 Å². The van der Waals surface area contributed by atoms with E-state index in [2.05, 4.69) is 15.0 Å². The Kier molecular flexibility index (Phi) is 5.68. The first-order valence-electron chi connectivity index (χ1n) is 9.33. The van der Waals surface area contributed by atoms with Crippen LogP contribution in [-0.4, -0.2) is 23.4 Å². The molecule has 2 heterocycles. The van der Waals surface area contributed by atoms with Crippen LogP contribution in [-0.2, 0) is 16.2 Å². The molecule has 11 heteroatoms. The Morgan fingerprint density at radius 1 is 0.727 bits per heavy atom. The van der Waals surface area contributed by atoms with Gasteiger partial charge in [0.2, 0.25) is 10.0 Å². The van der Waals surface area contributed by atoms with E-state index in [4.69, 9.17) is 5.14 Å². The van der Waals surface area contributed by atoms with Gasteiger partial charge in [0.05, 0.1) is 16.3 Å². The first-order chi connectivity index (χ1) is 15.5. The van der Waals surface area contributed by atoms with E-state index in [1.54, 1.807) is 12.1 Å². The van der Waals surface area contributed by atoms with E-state index < -0.39 is 27.7 Å². The number of aromatic nitrogens is 3. The van der Waals surface area contributed by atoms with Crippen LogP contribution in [0.2, 0.25) is 0 Å². The van der Waals surface area contributed by atoms with Gasteiger partial charge in [-0.1, -0.05) is 18.2 Å². The lowest BCUT2D eigenvalue weighted by molar-refractivity contribution is -0.141. The highest BCUT2D eigenvalue weighted by Crippen LogP contribution is 2.32. The van der Waals surface area contributed by atoms with Crippen LogP contribution in [0, 0.1) is 5.82 Å². The van der Waals surface area contributed by atoms with Gasteiger partial charge in [-0.3, -0.25) is 0 Å². The lowest BCUT2D eigenvalue weighted by Gasteiger charge is -2.11. The molecule has 6 nitrogen and oxygen atoms in total. The zero-order valence-electron chi connectivity index (χ0n) is 16.6. The summed E-state index contributed by atoms with van der Waals surface area (Å²) in [4.78, 5) is 12.0. The van der Waals surface area contributed by atoms with Gasteiger partial charge in [0, 0.05) is 11.1 Å². The predicted octanol–water partition coefficient (Wildman–Crippen LogP) is 4.68. The summed E-state index contributed by atoms with van der Waals surface area (Å²) in [7, 11) is -3.96. The molecule has 2 aromatic heterocycles. The smallest absolute Gasteiger partial charge is 0.244 e. The van der Waals surface area contributed by atoms with Crippen LogP contribution in [0.15, 0.2) is 77.7 Å². The zero-order chi connectivity index (χ0) is 23.8. The quantitative estimate of drug-likeness (QED) is 0.433. The molecule has 4 aromatic rings. The number of rotatable bonds is 4. The summed E-state index contributed by atoms with van der Waals surface area (Å²) in [5.74, 6) is -0.839. The van der Waals surface area contributed by atoms with Crippen LogP contribution >= 0.6 is 0 Å². The predicted molar refractivity (Wildman–Crippen MR) is 112 cm³/mol. The molecule has 168 valence electrons. The number of benzene rings is 2. The number of sulfonamides is 1. The molecule has 0 radical (unpaired) electrons. The summed E-state index contributed by atoms with van der Waals surface area (Å²) >= 11 is 0. The second-order valence-corrected chi connectivity index (χ2v) is 8.51. The Hall–Kier alpha value is -3.70. The van der Waals surface area contributed by atoms with Crippen LogP contribution in [0.1, 0.15) is 5.69 Å². The van der Waals surface area contributed by atoms with Crippen molar-refractivity contribution in [2.24, 2.45) is 5.14 Å². The Morgan fingerprint density at radius 3 is 2.06 bits per heavy atom. The molecule has 0 unspecified atom stereocenters. The third-order valence-electron chi connectivity index (χ3n) is 4.59. The summed E-state index contributed by atoms with van der Waals surface area (Å²) < 4.78 is 77.0. The molecule has 0 aliphatic heterocycles.